The van der Waals surface area contributed by atoms with E-state index in [0.29, 0.717) is 6.04 Å². The van der Waals surface area contributed by atoms with Crippen molar-refractivity contribution in [3.8, 4) is 0 Å². The van der Waals surface area contributed by atoms with E-state index in [1.165, 1.54) is 44.9 Å². The predicted octanol–water partition coefficient (Wildman–Crippen LogP) is 2.51. The normalized spacial score (nSPS) is 25.7. The number of hydrogen-bond acceptors (Lipinski definition) is 3. The summed E-state index contributed by atoms with van der Waals surface area (Å²) in [6.45, 7) is 5.39. The highest BCUT2D eigenvalue weighted by Gasteiger charge is 2.42. The van der Waals surface area contributed by atoms with Crippen molar-refractivity contribution in [2.24, 2.45) is 10.7 Å². The largest absolute Gasteiger partial charge is 0.370 e. The molecule has 1 saturated carbocycles. The van der Waals surface area contributed by atoms with Crippen LogP contribution in [0, 0.1) is 0 Å². The number of guanidine groups is 1. The van der Waals surface area contributed by atoms with Crippen LogP contribution in [-0.2, 0) is 0 Å². The first-order valence-electron chi connectivity index (χ1n) is 6.75. The molecule has 0 aromatic heterocycles. The summed E-state index contributed by atoms with van der Waals surface area (Å²) in [6.07, 6.45) is 9.40. The highest BCUT2D eigenvalue weighted by molar-refractivity contribution is 5.81. The van der Waals surface area contributed by atoms with E-state index in [-0.39, 0.29) is 5.54 Å². The van der Waals surface area contributed by atoms with Crippen molar-refractivity contribution in [2.45, 2.75) is 70.4 Å². The Bertz CT molecular complexity index is 262. The molecule has 16 heavy (non-hydrogen) atoms. The van der Waals surface area contributed by atoms with Gasteiger partial charge in [-0.3, -0.25) is 4.99 Å². The van der Waals surface area contributed by atoms with E-state index < -0.39 is 0 Å². The molecule has 1 fully saturated rings. The van der Waals surface area contributed by atoms with Crippen LogP contribution in [0.5, 0.6) is 0 Å². The smallest absolute Gasteiger partial charge is 0.192 e. The van der Waals surface area contributed by atoms with Crippen LogP contribution in [0.4, 0.5) is 0 Å². The van der Waals surface area contributed by atoms with E-state index in [1.54, 1.807) is 0 Å². The summed E-state index contributed by atoms with van der Waals surface area (Å²) in [5, 5.41) is 0. The van der Waals surface area contributed by atoms with Crippen LogP contribution in [0.3, 0.4) is 0 Å². The van der Waals surface area contributed by atoms with Crippen LogP contribution in [0.25, 0.3) is 0 Å². The average molecular weight is 223 g/mol. The van der Waals surface area contributed by atoms with Crippen LogP contribution in [0.15, 0.2) is 4.99 Å². The van der Waals surface area contributed by atoms with Crippen LogP contribution >= 0.6 is 0 Å². The maximum Gasteiger partial charge on any atom is 0.192 e. The van der Waals surface area contributed by atoms with Gasteiger partial charge in [0.05, 0.1) is 12.1 Å². The summed E-state index contributed by atoms with van der Waals surface area (Å²) >= 11 is 0. The van der Waals surface area contributed by atoms with Gasteiger partial charge in [-0.15, -0.1) is 0 Å². The quantitative estimate of drug-likeness (QED) is 0.742. The minimum absolute atomic E-state index is 0.263. The van der Waals surface area contributed by atoms with Gasteiger partial charge in [-0.2, -0.15) is 0 Å². The molecule has 2 rings (SSSR count). The molecule has 2 N–H and O–H groups in total. The second-order valence-electron chi connectivity index (χ2n) is 5.63. The monoisotopic (exact) mass is 223 g/mol. The maximum absolute atomic E-state index is 6.05. The minimum Gasteiger partial charge on any atom is -0.370 e. The van der Waals surface area contributed by atoms with Crippen molar-refractivity contribution in [1.29, 1.82) is 0 Å². The minimum atomic E-state index is 0.263. The van der Waals surface area contributed by atoms with E-state index in [4.69, 9.17) is 5.73 Å². The van der Waals surface area contributed by atoms with Gasteiger partial charge in [0.1, 0.15) is 0 Å². The summed E-state index contributed by atoms with van der Waals surface area (Å²) in [4.78, 5) is 6.90. The fourth-order valence-electron chi connectivity index (χ4n) is 3.40. The SMILES string of the molecule is CC(C)N1C(N)=NCC12CCCCCCC2. The molecule has 1 spiro atoms. The molecule has 0 saturated heterocycles. The number of nitrogens with zero attached hydrogens (tertiary/aromatic N) is 2. The second-order valence-corrected chi connectivity index (χ2v) is 5.63. The summed E-state index contributed by atoms with van der Waals surface area (Å²) in [5.74, 6) is 0.774. The first-order valence-corrected chi connectivity index (χ1v) is 6.75. The molecule has 0 radical (unpaired) electrons. The average Bonchev–Trinajstić information content (AvgIpc) is 2.51. The Morgan fingerprint density at radius 1 is 1.12 bits per heavy atom. The van der Waals surface area contributed by atoms with Gasteiger partial charge in [-0.1, -0.05) is 32.1 Å². The van der Waals surface area contributed by atoms with Crippen molar-refractivity contribution >= 4 is 5.96 Å². The highest BCUT2D eigenvalue weighted by Crippen LogP contribution is 2.36. The van der Waals surface area contributed by atoms with E-state index in [0.717, 1.165) is 12.5 Å². The van der Waals surface area contributed by atoms with E-state index in [2.05, 4.69) is 23.7 Å². The Kier molecular flexibility index (Phi) is 3.41. The lowest BCUT2D eigenvalue weighted by molar-refractivity contribution is 0.128. The predicted molar refractivity (Wildman–Crippen MR) is 68.5 cm³/mol. The fraction of sp³-hybridized carbons (Fsp3) is 0.923. The molecule has 92 valence electrons. The Balaban J connectivity index is 2.15. The van der Waals surface area contributed by atoms with E-state index >= 15 is 0 Å². The molecule has 3 heteroatoms. The lowest BCUT2D eigenvalue weighted by Crippen LogP contribution is -2.55. The Labute approximate surface area is 99.1 Å². The third kappa shape index (κ3) is 2.04. The Hall–Kier alpha value is -0.730. The van der Waals surface area contributed by atoms with Crippen LogP contribution in [0.2, 0.25) is 0 Å². The molecule has 0 amide bonds. The number of nitrogens with two attached hydrogens (primary N) is 1. The molecular formula is C13H25N3. The summed E-state index contributed by atoms with van der Waals surface area (Å²) in [7, 11) is 0. The van der Waals surface area contributed by atoms with Crippen LogP contribution in [0.1, 0.15) is 58.8 Å². The zero-order valence-corrected chi connectivity index (χ0v) is 10.7. The topological polar surface area (TPSA) is 41.6 Å². The number of rotatable bonds is 1. The molecule has 2 aliphatic rings. The molecule has 0 unspecified atom stereocenters. The summed E-state index contributed by atoms with van der Waals surface area (Å²) in [6, 6.07) is 0.477. The standard InChI is InChI=1S/C13H25N3/c1-11(2)16-12(14)15-10-13(16)8-6-4-3-5-7-9-13/h11H,3-10H2,1-2H3,(H2,14,15). The molecule has 1 aliphatic carbocycles. The van der Waals surface area contributed by atoms with E-state index in [1.807, 2.05) is 0 Å². The molecule has 0 bridgehead atoms. The van der Waals surface area contributed by atoms with Gasteiger partial charge in [0.15, 0.2) is 5.96 Å². The van der Waals surface area contributed by atoms with Gasteiger partial charge in [-0.05, 0) is 26.7 Å². The van der Waals surface area contributed by atoms with Crippen LogP contribution in [-0.4, -0.2) is 29.0 Å². The van der Waals surface area contributed by atoms with Crippen molar-refractivity contribution in [2.75, 3.05) is 6.54 Å². The fourth-order valence-corrected chi connectivity index (χ4v) is 3.40. The van der Waals surface area contributed by atoms with Crippen molar-refractivity contribution in [3.63, 3.8) is 0 Å². The first kappa shape index (κ1) is 11.7. The lowest BCUT2D eigenvalue weighted by atomic mass is 9.82. The van der Waals surface area contributed by atoms with Gasteiger partial charge >= 0.3 is 0 Å². The lowest BCUT2D eigenvalue weighted by Gasteiger charge is -2.43. The van der Waals surface area contributed by atoms with Crippen molar-refractivity contribution in [1.82, 2.24) is 4.90 Å². The van der Waals surface area contributed by atoms with Crippen molar-refractivity contribution < 1.29 is 0 Å². The highest BCUT2D eigenvalue weighted by atomic mass is 15.4. The molecule has 3 nitrogen and oxygen atoms in total. The molecule has 0 atom stereocenters. The van der Waals surface area contributed by atoms with Crippen molar-refractivity contribution in [3.05, 3.63) is 0 Å². The molecule has 0 aromatic carbocycles. The van der Waals surface area contributed by atoms with Gasteiger partial charge in [0, 0.05) is 6.04 Å². The van der Waals surface area contributed by atoms with Crippen LogP contribution < -0.4 is 5.73 Å². The summed E-state index contributed by atoms with van der Waals surface area (Å²) < 4.78 is 0. The third-order valence-corrected chi connectivity index (χ3v) is 4.09. The third-order valence-electron chi connectivity index (χ3n) is 4.09. The van der Waals surface area contributed by atoms with E-state index in [9.17, 15) is 0 Å². The number of hydrogen-bond donors (Lipinski definition) is 1. The Morgan fingerprint density at radius 2 is 1.69 bits per heavy atom. The second kappa shape index (κ2) is 4.64. The number of aliphatic imine (C=N–C) groups is 1. The zero-order valence-electron chi connectivity index (χ0n) is 10.7. The Morgan fingerprint density at radius 3 is 2.25 bits per heavy atom. The van der Waals surface area contributed by atoms with Gasteiger partial charge in [0.2, 0.25) is 0 Å². The summed E-state index contributed by atoms with van der Waals surface area (Å²) in [5.41, 5.74) is 6.31. The molecule has 0 aromatic rings. The van der Waals surface area contributed by atoms with Gasteiger partial charge in [-0.25, -0.2) is 0 Å². The molecule has 1 heterocycles. The van der Waals surface area contributed by atoms with Gasteiger partial charge < -0.3 is 10.6 Å². The van der Waals surface area contributed by atoms with Gasteiger partial charge in [0.25, 0.3) is 0 Å². The zero-order chi connectivity index (χ0) is 11.6. The first-order chi connectivity index (χ1) is 7.66. The maximum atomic E-state index is 6.05. The molecule has 1 aliphatic heterocycles. The molecular weight excluding hydrogens is 198 g/mol.